The smallest absolute Gasteiger partial charge is 0.358 e. The number of esters is 1. The molecule has 41 heavy (non-hydrogen) atoms. The third kappa shape index (κ3) is 7.73. The van der Waals surface area contributed by atoms with Gasteiger partial charge < -0.3 is 29.5 Å². The van der Waals surface area contributed by atoms with Crippen molar-refractivity contribution < 1.29 is 43.0 Å². The van der Waals surface area contributed by atoms with Crippen molar-refractivity contribution in [3.05, 3.63) is 77.5 Å². The number of methoxy groups -OCH3 is 1. The number of benzene rings is 2. The summed E-state index contributed by atoms with van der Waals surface area (Å²) in [4.78, 5) is 34.8. The number of ether oxygens (including phenoxy) is 2. The minimum Gasteiger partial charge on any atom is -0.486 e. The number of rotatable bonds is 13. The topological polar surface area (TPSA) is 179 Å². The molecule has 0 aliphatic heterocycles. The number of anilines is 1. The molecular formula is C27H26FN5O8. The zero-order valence-electron chi connectivity index (χ0n) is 21.8. The van der Waals surface area contributed by atoms with E-state index in [-0.39, 0.29) is 41.7 Å². The van der Waals surface area contributed by atoms with Crippen LogP contribution in [-0.2, 0) is 27.5 Å². The maximum Gasteiger partial charge on any atom is 0.358 e. The fourth-order valence-corrected chi connectivity index (χ4v) is 3.77. The van der Waals surface area contributed by atoms with E-state index in [0.29, 0.717) is 36.3 Å². The Labute approximate surface area is 232 Å². The summed E-state index contributed by atoms with van der Waals surface area (Å²) in [6, 6.07) is 11.2. The highest BCUT2D eigenvalue weighted by Gasteiger charge is 2.18. The number of hydrogen-bond donors (Lipinski definition) is 3. The number of nitrogens with one attached hydrogen (secondary N) is 1. The number of aliphatic hydroxyl groups is 1. The summed E-state index contributed by atoms with van der Waals surface area (Å²) in [7, 11) is 1.19. The highest BCUT2D eigenvalue weighted by atomic mass is 19.1. The quantitative estimate of drug-likeness (QED) is 0.159. The second-order valence-corrected chi connectivity index (χ2v) is 8.84. The van der Waals surface area contributed by atoms with Crippen LogP contribution in [0.2, 0.25) is 0 Å². The highest BCUT2D eigenvalue weighted by molar-refractivity contribution is 5.90. The molecule has 0 fully saturated rings. The van der Waals surface area contributed by atoms with Gasteiger partial charge in [-0.25, -0.2) is 14.0 Å². The second kappa shape index (κ2) is 13.3. The molecule has 4 rings (SSSR count). The molecule has 0 aliphatic rings. The van der Waals surface area contributed by atoms with Gasteiger partial charge in [-0.1, -0.05) is 22.5 Å². The van der Waals surface area contributed by atoms with Crippen molar-refractivity contribution in [2.24, 2.45) is 0 Å². The Balaban J connectivity index is 1.22. The monoisotopic (exact) mass is 567 g/mol. The molecule has 14 heteroatoms. The van der Waals surface area contributed by atoms with Gasteiger partial charge in [0.15, 0.2) is 17.6 Å². The van der Waals surface area contributed by atoms with Crippen LogP contribution in [0.15, 0.2) is 59.3 Å². The summed E-state index contributed by atoms with van der Waals surface area (Å²) < 4.78 is 30.7. The first kappa shape index (κ1) is 28.9. The van der Waals surface area contributed by atoms with E-state index >= 15 is 0 Å². The van der Waals surface area contributed by atoms with Gasteiger partial charge in [0.25, 0.3) is 0 Å². The molecule has 0 aliphatic carbocycles. The van der Waals surface area contributed by atoms with Crippen LogP contribution in [0.1, 0.15) is 47.1 Å². The van der Waals surface area contributed by atoms with E-state index in [2.05, 4.69) is 25.5 Å². The summed E-state index contributed by atoms with van der Waals surface area (Å²) in [5.41, 5.74) is 1.27. The first-order valence-electron chi connectivity index (χ1n) is 12.4. The molecule has 1 unspecified atom stereocenters. The molecule has 214 valence electrons. The predicted molar refractivity (Wildman–Crippen MR) is 139 cm³/mol. The van der Waals surface area contributed by atoms with E-state index < -0.39 is 23.9 Å². The van der Waals surface area contributed by atoms with Crippen LogP contribution in [0.25, 0.3) is 11.3 Å². The van der Waals surface area contributed by atoms with Crippen molar-refractivity contribution >= 4 is 23.5 Å². The van der Waals surface area contributed by atoms with Crippen LogP contribution >= 0.6 is 0 Å². The Hall–Kier alpha value is -5.11. The average Bonchev–Trinajstić information content (AvgIpc) is 3.64. The standard InChI is InChI=1S/C27H26FN5O8/c1-39-27(38)25(35)16-5-8-18(9-6-16)29-24(34)4-2-3-11-33-14-19(30-32-33)15-40-22-10-7-17(28)12-20(22)23-13-21(26(36)37)31-41-23/h5-10,12-14,25,35H,2-4,11,15H2,1H3,(H,29,34)(H,36,37). The molecular weight excluding hydrogens is 541 g/mol. The van der Waals surface area contributed by atoms with Gasteiger partial charge in [-0.15, -0.1) is 5.10 Å². The minimum atomic E-state index is -1.39. The van der Waals surface area contributed by atoms with E-state index in [0.717, 1.165) is 6.07 Å². The highest BCUT2D eigenvalue weighted by Crippen LogP contribution is 2.32. The second-order valence-electron chi connectivity index (χ2n) is 8.84. The normalized spacial score (nSPS) is 11.6. The Kier molecular flexibility index (Phi) is 9.37. The number of unbranched alkanes of at least 4 members (excludes halogenated alkanes) is 1. The number of halogens is 1. The molecule has 0 bridgehead atoms. The first-order chi connectivity index (χ1) is 19.7. The van der Waals surface area contributed by atoms with E-state index in [1.165, 1.54) is 37.4 Å². The third-order valence-electron chi connectivity index (χ3n) is 5.87. The summed E-state index contributed by atoms with van der Waals surface area (Å²) in [6.45, 7) is 0.522. The van der Waals surface area contributed by atoms with Crippen LogP contribution in [0.5, 0.6) is 5.75 Å². The summed E-state index contributed by atoms with van der Waals surface area (Å²) in [5, 5.41) is 33.2. The maximum absolute atomic E-state index is 13.8. The van der Waals surface area contributed by atoms with Gasteiger partial charge in [0.05, 0.1) is 18.9 Å². The Morgan fingerprint density at radius 3 is 2.61 bits per heavy atom. The molecule has 3 N–H and O–H groups in total. The number of carbonyl (C=O) groups is 3. The number of hydrogen-bond acceptors (Lipinski definition) is 10. The zero-order chi connectivity index (χ0) is 29.4. The lowest BCUT2D eigenvalue weighted by molar-refractivity contribution is -0.150. The fourth-order valence-electron chi connectivity index (χ4n) is 3.77. The Morgan fingerprint density at radius 2 is 1.90 bits per heavy atom. The van der Waals surface area contributed by atoms with Crippen LogP contribution in [0, 0.1) is 5.82 Å². The van der Waals surface area contributed by atoms with Crippen LogP contribution in [0.3, 0.4) is 0 Å². The lowest BCUT2D eigenvalue weighted by Crippen LogP contribution is -2.14. The minimum absolute atomic E-state index is 0.0103. The van der Waals surface area contributed by atoms with Gasteiger partial charge in [-0.05, 0) is 48.7 Å². The predicted octanol–water partition coefficient (Wildman–Crippen LogP) is 3.36. The number of aromatic carboxylic acids is 1. The van der Waals surface area contributed by atoms with Crippen molar-refractivity contribution in [2.45, 2.75) is 38.5 Å². The van der Waals surface area contributed by atoms with Gasteiger partial charge in [0.1, 0.15) is 23.9 Å². The third-order valence-corrected chi connectivity index (χ3v) is 5.87. The molecule has 0 radical (unpaired) electrons. The van der Waals surface area contributed by atoms with Gasteiger partial charge in [-0.3, -0.25) is 9.48 Å². The number of carboxylic acid groups (broad SMARTS) is 1. The van der Waals surface area contributed by atoms with Gasteiger partial charge in [0, 0.05) is 24.7 Å². The van der Waals surface area contributed by atoms with E-state index in [1.807, 2.05) is 0 Å². The number of amides is 1. The van der Waals surface area contributed by atoms with Crippen molar-refractivity contribution in [1.82, 2.24) is 20.2 Å². The molecule has 0 saturated carbocycles. The SMILES string of the molecule is COC(=O)C(O)c1ccc(NC(=O)CCCCn2cc(COc3ccc(F)cc3-c3cc(C(=O)O)no3)nn2)cc1. The van der Waals surface area contributed by atoms with E-state index in [9.17, 15) is 23.9 Å². The molecule has 13 nitrogen and oxygen atoms in total. The van der Waals surface area contributed by atoms with Crippen LogP contribution in [-0.4, -0.2) is 55.3 Å². The molecule has 4 aromatic rings. The summed E-state index contributed by atoms with van der Waals surface area (Å²) >= 11 is 0. The Morgan fingerprint density at radius 1 is 1.12 bits per heavy atom. The van der Waals surface area contributed by atoms with Crippen LogP contribution < -0.4 is 10.1 Å². The summed E-state index contributed by atoms with van der Waals surface area (Å²) in [6.07, 6.45) is 1.81. The Bertz CT molecular complexity index is 1520. The first-order valence-corrected chi connectivity index (χ1v) is 12.4. The number of aromatic nitrogens is 4. The lowest BCUT2D eigenvalue weighted by atomic mass is 10.1. The summed E-state index contributed by atoms with van der Waals surface area (Å²) in [5.74, 6) is -2.50. The number of aryl methyl sites for hydroxylation is 1. The fraction of sp³-hybridized carbons (Fsp3) is 0.259. The van der Waals surface area contributed by atoms with Gasteiger partial charge in [-0.2, -0.15) is 0 Å². The van der Waals surface area contributed by atoms with E-state index in [4.69, 9.17) is 14.4 Å². The lowest BCUT2D eigenvalue weighted by Gasteiger charge is -2.10. The van der Waals surface area contributed by atoms with E-state index in [1.54, 1.807) is 23.0 Å². The molecule has 2 aromatic heterocycles. The zero-order valence-corrected chi connectivity index (χ0v) is 21.8. The van der Waals surface area contributed by atoms with Crippen molar-refractivity contribution in [3.8, 4) is 17.1 Å². The molecule has 1 amide bonds. The van der Waals surface area contributed by atoms with Gasteiger partial charge >= 0.3 is 11.9 Å². The van der Waals surface area contributed by atoms with Crippen molar-refractivity contribution in [1.29, 1.82) is 0 Å². The maximum atomic E-state index is 13.8. The molecule has 2 heterocycles. The number of carboxylic acids is 1. The van der Waals surface area contributed by atoms with Crippen molar-refractivity contribution in [3.63, 3.8) is 0 Å². The number of aliphatic hydroxyl groups excluding tert-OH is 1. The molecule has 1 atom stereocenters. The van der Waals surface area contributed by atoms with Crippen molar-refractivity contribution in [2.75, 3.05) is 12.4 Å². The van der Waals surface area contributed by atoms with Crippen LogP contribution in [0.4, 0.5) is 10.1 Å². The average molecular weight is 568 g/mol. The largest absolute Gasteiger partial charge is 0.486 e. The number of carbonyl (C=O) groups excluding carboxylic acids is 2. The molecule has 0 saturated heterocycles. The number of nitrogens with zero attached hydrogens (tertiary/aromatic N) is 4. The van der Waals surface area contributed by atoms with Gasteiger partial charge in [0.2, 0.25) is 5.91 Å². The molecule has 2 aromatic carbocycles. The molecule has 0 spiro atoms.